The van der Waals surface area contributed by atoms with E-state index in [4.69, 9.17) is 0 Å². The molecule has 0 atom stereocenters. The molecule has 0 saturated heterocycles. The number of carbonyl (C=O) groups is 2. The van der Waals surface area contributed by atoms with Crippen molar-refractivity contribution in [2.24, 2.45) is 0 Å². The van der Waals surface area contributed by atoms with Crippen molar-refractivity contribution in [2.75, 3.05) is 28.2 Å². The average molecular weight is 289 g/mol. The van der Waals surface area contributed by atoms with Gasteiger partial charge in [-0.05, 0) is 0 Å². The number of carbonyl (C=O) groups excluding carboxylic acids is 2. The van der Waals surface area contributed by atoms with Crippen molar-refractivity contribution in [2.45, 2.75) is 0 Å². The Bertz CT molecular complexity index is 147. The van der Waals surface area contributed by atoms with Crippen molar-refractivity contribution in [3.8, 4) is 0 Å². The van der Waals surface area contributed by atoms with Crippen molar-refractivity contribution in [3.63, 3.8) is 0 Å². The molecule has 0 unspecified atom stereocenters. The second kappa shape index (κ2) is 10.2. The van der Waals surface area contributed by atoms with Crippen LogP contribution in [0.25, 0.3) is 0 Å². The van der Waals surface area contributed by atoms with Gasteiger partial charge < -0.3 is 9.80 Å². The third kappa shape index (κ3) is 18.9. The maximum absolute atomic E-state index is 9.93. The van der Waals surface area contributed by atoms with Gasteiger partial charge >= 0.3 is 0 Å². The summed E-state index contributed by atoms with van der Waals surface area (Å²) in [6, 6.07) is 0. The van der Waals surface area contributed by atoms with Gasteiger partial charge in [0.2, 0.25) is 0 Å². The first-order valence-corrected chi connectivity index (χ1v) is 3.99. The molecule has 0 heterocycles. The first-order valence-electron chi connectivity index (χ1n) is 3.09. The summed E-state index contributed by atoms with van der Waals surface area (Å²) in [7, 11) is 6.59. The fraction of sp³-hybridized carbons (Fsp3) is 0.667. The third-order valence-corrected chi connectivity index (χ3v) is 1.57. The van der Waals surface area contributed by atoms with Gasteiger partial charge in [-0.3, -0.25) is 9.59 Å². The fourth-order valence-corrected chi connectivity index (χ4v) is 0. The van der Waals surface area contributed by atoms with E-state index in [2.05, 4.69) is 25.3 Å². The molecule has 0 aromatic carbocycles. The Hall–Kier alpha value is 0.159. The van der Waals surface area contributed by atoms with Crippen molar-refractivity contribution in [1.82, 2.24) is 9.80 Å². The zero-order valence-corrected chi connectivity index (χ0v) is 11.5. The van der Waals surface area contributed by atoms with Crippen molar-refractivity contribution in [3.05, 3.63) is 0 Å². The molecule has 0 aliphatic rings. The molecular weight excluding hydrogens is 275 g/mol. The molecule has 0 aromatic heterocycles. The van der Waals surface area contributed by atoms with Crippen LogP contribution in [-0.2, 0) is 0 Å². The molecule has 7 heteroatoms. The maximum atomic E-state index is 9.93. The smallest absolute Gasteiger partial charge is 0.278 e. The molecular formula is C6H14N2O2S2Se. The number of rotatable bonds is 0. The summed E-state index contributed by atoms with van der Waals surface area (Å²) in [4.78, 5) is 22.7. The van der Waals surface area contributed by atoms with Crippen molar-refractivity contribution < 1.29 is 9.59 Å². The molecule has 2 radical (unpaired) electrons. The van der Waals surface area contributed by atoms with Gasteiger partial charge in [0, 0.05) is 45.3 Å². The van der Waals surface area contributed by atoms with Crippen LogP contribution in [-0.4, -0.2) is 65.5 Å². The predicted octanol–water partition coefficient (Wildman–Crippen LogP) is 0.815. The number of thiol groups is 2. The topological polar surface area (TPSA) is 40.6 Å². The quantitative estimate of drug-likeness (QED) is 0.512. The van der Waals surface area contributed by atoms with Crippen LogP contribution in [0, 0.1) is 0 Å². The summed E-state index contributed by atoms with van der Waals surface area (Å²) in [5, 5.41) is -0.426. The van der Waals surface area contributed by atoms with E-state index in [-0.39, 0.29) is 27.5 Å². The third-order valence-electron chi connectivity index (χ3n) is 0.765. The molecule has 0 rings (SSSR count). The molecule has 0 bridgehead atoms. The molecule has 0 fully saturated rings. The standard InChI is InChI=1S/2C3H7NOS.Se/c2*1-4(2)3(5)6;/h2*1-2H3,(H,5,6);. The van der Waals surface area contributed by atoms with Crippen LogP contribution in [0.5, 0.6) is 0 Å². The van der Waals surface area contributed by atoms with Crippen LogP contribution in [0.1, 0.15) is 0 Å². The minimum Gasteiger partial charge on any atom is -0.340 e. The number of hydrogen-bond donors (Lipinski definition) is 2. The van der Waals surface area contributed by atoms with Crippen LogP contribution in [0.3, 0.4) is 0 Å². The van der Waals surface area contributed by atoms with Gasteiger partial charge in [-0.25, -0.2) is 0 Å². The summed E-state index contributed by atoms with van der Waals surface area (Å²) in [5.41, 5.74) is 0. The van der Waals surface area contributed by atoms with E-state index in [9.17, 15) is 9.59 Å². The summed E-state index contributed by atoms with van der Waals surface area (Å²) >= 11 is 6.96. The summed E-state index contributed by atoms with van der Waals surface area (Å²) in [6.45, 7) is 0. The minimum absolute atomic E-state index is 0. The molecule has 13 heavy (non-hydrogen) atoms. The molecule has 0 aliphatic heterocycles. The van der Waals surface area contributed by atoms with Gasteiger partial charge in [0.05, 0.1) is 0 Å². The summed E-state index contributed by atoms with van der Waals surface area (Å²) in [5.74, 6) is 0. The van der Waals surface area contributed by atoms with Crippen LogP contribution in [0.2, 0.25) is 0 Å². The largest absolute Gasteiger partial charge is 0.340 e. The van der Waals surface area contributed by atoms with E-state index < -0.39 is 0 Å². The van der Waals surface area contributed by atoms with E-state index in [0.29, 0.717) is 0 Å². The second-order valence-electron chi connectivity index (χ2n) is 2.35. The maximum Gasteiger partial charge on any atom is 0.278 e. The first-order chi connectivity index (χ1) is 5.29. The van der Waals surface area contributed by atoms with E-state index in [1.165, 1.54) is 9.80 Å². The molecule has 78 valence electrons. The van der Waals surface area contributed by atoms with Crippen LogP contribution in [0.15, 0.2) is 0 Å². The normalized spacial score (nSPS) is 7.23. The monoisotopic (exact) mass is 290 g/mol. The zero-order chi connectivity index (χ0) is 10.3. The van der Waals surface area contributed by atoms with E-state index in [1.54, 1.807) is 28.2 Å². The van der Waals surface area contributed by atoms with Gasteiger partial charge in [0.15, 0.2) is 0 Å². The van der Waals surface area contributed by atoms with E-state index in [0.717, 1.165) is 0 Å². The van der Waals surface area contributed by atoms with Crippen LogP contribution >= 0.6 is 25.3 Å². The number of nitrogens with zero attached hydrogens (tertiary/aromatic N) is 2. The molecule has 0 spiro atoms. The van der Waals surface area contributed by atoms with E-state index in [1.807, 2.05) is 0 Å². The molecule has 0 N–H and O–H groups in total. The minimum atomic E-state index is -0.213. The van der Waals surface area contributed by atoms with E-state index >= 15 is 0 Å². The Labute approximate surface area is 100 Å². The molecule has 2 amide bonds. The Morgan fingerprint density at radius 2 is 0.923 bits per heavy atom. The van der Waals surface area contributed by atoms with Gasteiger partial charge in [-0.15, -0.1) is 0 Å². The zero-order valence-electron chi connectivity index (χ0n) is 8.01. The first kappa shape index (κ1) is 18.9. The molecule has 0 aromatic rings. The average Bonchev–Trinajstić information content (AvgIpc) is 1.88. The fourth-order valence-electron chi connectivity index (χ4n) is 0. The number of hydrogen-bond acceptors (Lipinski definition) is 2. The Kier molecular flexibility index (Phi) is 14.9. The van der Waals surface area contributed by atoms with Crippen LogP contribution in [0.4, 0.5) is 9.59 Å². The van der Waals surface area contributed by atoms with Gasteiger partial charge in [-0.2, -0.15) is 0 Å². The van der Waals surface area contributed by atoms with Gasteiger partial charge in [0.1, 0.15) is 0 Å². The summed E-state index contributed by atoms with van der Waals surface area (Å²) < 4.78 is 0. The van der Waals surface area contributed by atoms with Gasteiger partial charge in [0.25, 0.3) is 10.5 Å². The van der Waals surface area contributed by atoms with Crippen molar-refractivity contribution >= 4 is 52.8 Å². The Morgan fingerprint density at radius 3 is 0.923 bits per heavy atom. The molecule has 0 aliphatic carbocycles. The molecule has 0 saturated carbocycles. The number of amides is 2. The van der Waals surface area contributed by atoms with Crippen LogP contribution < -0.4 is 0 Å². The SMILES string of the molecule is CN(C)C(=O)S.CN(C)C(=O)S.[Se]. The predicted molar refractivity (Wildman–Crippen MR) is 61.9 cm³/mol. The molecule has 4 nitrogen and oxygen atoms in total. The Balaban J connectivity index is -0.000000143. The summed E-state index contributed by atoms with van der Waals surface area (Å²) in [6.07, 6.45) is 0. The second-order valence-corrected chi connectivity index (χ2v) is 3.12. The van der Waals surface area contributed by atoms with Gasteiger partial charge in [-0.1, -0.05) is 25.3 Å². The Morgan fingerprint density at radius 1 is 0.846 bits per heavy atom. The van der Waals surface area contributed by atoms with Crippen molar-refractivity contribution in [1.29, 1.82) is 0 Å².